The van der Waals surface area contributed by atoms with Gasteiger partial charge in [-0.25, -0.2) is 0 Å². The third-order valence-corrected chi connectivity index (χ3v) is 4.85. The highest BCUT2D eigenvalue weighted by Crippen LogP contribution is 2.20. The van der Waals surface area contributed by atoms with Gasteiger partial charge < -0.3 is 20.7 Å². The summed E-state index contributed by atoms with van der Waals surface area (Å²) in [6.07, 6.45) is 3.73. The maximum Gasteiger partial charge on any atom is 0.253 e. The second kappa shape index (κ2) is 9.17. The van der Waals surface area contributed by atoms with Gasteiger partial charge in [-0.1, -0.05) is 6.07 Å². The Kier molecular flexibility index (Phi) is 7.23. The molecule has 0 bridgehead atoms. The van der Waals surface area contributed by atoms with E-state index in [0.717, 1.165) is 38.8 Å². The van der Waals surface area contributed by atoms with Crippen LogP contribution in [0.1, 0.15) is 36.0 Å². The van der Waals surface area contributed by atoms with Crippen molar-refractivity contribution in [3.63, 3.8) is 0 Å². The van der Waals surface area contributed by atoms with E-state index in [1.165, 1.54) is 0 Å². The number of hydrogen-bond donors (Lipinski definition) is 2. The Morgan fingerprint density at radius 3 is 2.56 bits per heavy atom. The van der Waals surface area contributed by atoms with Crippen molar-refractivity contribution in [2.24, 2.45) is 11.7 Å². The first-order chi connectivity index (χ1) is 11.6. The third kappa shape index (κ3) is 4.93. The molecular weight excluding hydrogens is 342 g/mol. The second-order valence-corrected chi connectivity index (χ2v) is 6.54. The van der Waals surface area contributed by atoms with Crippen LogP contribution in [0.3, 0.4) is 0 Å². The number of hydrogen-bond acceptors (Lipinski definition) is 4. The van der Waals surface area contributed by atoms with E-state index < -0.39 is 6.04 Å². The van der Waals surface area contributed by atoms with Gasteiger partial charge in [0.15, 0.2) is 0 Å². The Labute approximate surface area is 154 Å². The molecule has 0 spiro atoms. The number of carbonyl (C=O) groups excluding carboxylic acids is 2. The van der Waals surface area contributed by atoms with Gasteiger partial charge >= 0.3 is 0 Å². The van der Waals surface area contributed by atoms with E-state index in [-0.39, 0.29) is 30.1 Å². The fraction of sp³-hybridized carbons (Fsp3) is 0.556. The highest BCUT2D eigenvalue weighted by Gasteiger charge is 2.27. The lowest BCUT2D eigenvalue weighted by molar-refractivity contribution is -0.119. The average Bonchev–Trinajstić information content (AvgIpc) is 3.16. The molecule has 138 valence electrons. The number of rotatable bonds is 4. The number of amides is 2. The molecule has 0 saturated carbocycles. The minimum absolute atomic E-state index is 0. The molecule has 0 aromatic heterocycles. The monoisotopic (exact) mass is 367 g/mol. The van der Waals surface area contributed by atoms with E-state index in [4.69, 9.17) is 10.5 Å². The Bertz CT molecular complexity index is 599. The molecular formula is C18H26ClN3O3. The van der Waals surface area contributed by atoms with E-state index in [9.17, 15) is 9.59 Å². The molecule has 2 fully saturated rings. The van der Waals surface area contributed by atoms with Crippen molar-refractivity contribution in [2.75, 3.05) is 31.6 Å². The summed E-state index contributed by atoms with van der Waals surface area (Å²) in [5.74, 6) is -0.0295. The molecule has 2 aliphatic heterocycles. The van der Waals surface area contributed by atoms with Crippen molar-refractivity contribution >= 4 is 29.9 Å². The lowest BCUT2D eigenvalue weighted by Crippen LogP contribution is -2.44. The number of ether oxygens (including phenoxy) is 1. The maximum absolute atomic E-state index is 12.4. The summed E-state index contributed by atoms with van der Waals surface area (Å²) in [4.78, 5) is 26.7. The minimum Gasteiger partial charge on any atom is -0.381 e. The molecule has 0 radical (unpaired) electrons. The lowest BCUT2D eigenvalue weighted by atomic mass is 9.92. The largest absolute Gasteiger partial charge is 0.381 e. The molecule has 0 aliphatic carbocycles. The summed E-state index contributed by atoms with van der Waals surface area (Å²) < 4.78 is 5.31. The number of nitrogens with one attached hydrogen (secondary N) is 1. The van der Waals surface area contributed by atoms with Crippen LogP contribution in [-0.2, 0) is 9.53 Å². The summed E-state index contributed by atoms with van der Waals surface area (Å²) in [5, 5.41) is 2.85. The number of likely N-dealkylation sites (tertiary alicyclic amines) is 1. The zero-order valence-corrected chi connectivity index (χ0v) is 15.1. The third-order valence-electron chi connectivity index (χ3n) is 4.85. The zero-order chi connectivity index (χ0) is 16.9. The van der Waals surface area contributed by atoms with Gasteiger partial charge in [0.05, 0.1) is 6.04 Å². The molecule has 2 amide bonds. The summed E-state index contributed by atoms with van der Waals surface area (Å²) in [6, 6.07) is 6.55. The van der Waals surface area contributed by atoms with E-state index in [2.05, 4.69) is 5.32 Å². The van der Waals surface area contributed by atoms with Crippen molar-refractivity contribution in [3.8, 4) is 0 Å². The van der Waals surface area contributed by atoms with Crippen LogP contribution in [0, 0.1) is 5.92 Å². The topological polar surface area (TPSA) is 84.7 Å². The van der Waals surface area contributed by atoms with Crippen molar-refractivity contribution in [2.45, 2.75) is 31.7 Å². The molecule has 3 N–H and O–H groups in total. The summed E-state index contributed by atoms with van der Waals surface area (Å²) in [6.45, 7) is 2.94. The van der Waals surface area contributed by atoms with Crippen LogP contribution in [0.15, 0.2) is 24.3 Å². The van der Waals surface area contributed by atoms with Crippen molar-refractivity contribution in [1.29, 1.82) is 0 Å². The van der Waals surface area contributed by atoms with E-state index in [0.29, 0.717) is 24.5 Å². The molecule has 2 aliphatic rings. The van der Waals surface area contributed by atoms with Gasteiger partial charge in [-0.05, 0) is 49.8 Å². The van der Waals surface area contributed by atoms with E-state index >= 15 is 0 Å². The molecule has 1 atom stereocenters. The van der Waals surface area contributed by atoms with Crippen LogP contribution >= 0.6 is 12.4 Å². The molecule has 2 heterocycles. The maximum atomic E-state index is 12.4. The fourth-order valence-electron chi connectivity index (χ4n) is 3.35. The normalized spacial score (nSPS) is 19.2. The first kappa shape index (κ1) is 19.7. The molecule has 1 aromatic rings. The highest BCUT2D eigenvalue weighted by atomic mass is 35.5. The van der Waals surface area contributed by atoms with Crippen LogP contribution in [-0.4, -0.2) is 49.1 Å². The quantitative estimate of drug-likeness (QED) is 0.852. The summed E-state index contributed by atoms with van der Waals surface area (Å²) >= 11 is 0. The van der Waals surface area contributed by atoms with Gasteiger partial charge in [0.25, 0.3) is 5.91 Å². The van der Waals surface area contributed by atoms with Crippen LogP contribution in [0.2, 0.25) is 0 Å². The van der Waals surface area contributed by atoms with Crippen LogP contribution in [0.4, 0.5) is 5.69 Å². The number of anilines is 1. The SMILES string of the molecule is Cl.NC(C(=O)Nc1cccc(C(=O)N2CCCC2)c1)C1CCOCC1. The highest BCUT2D eigenvalue weighted by molar-refractivity contribution is 5.98. The van der Waals surface area contributed by atoms with E-state index in [1.54, 1.807) is 24.3 Å². The Balaban J connectivity index is 0.00000225. The number of nitrogens with two attached hydrogens (primary N) is 1. The van der Waals surface area contributed by atoms with Gasteiger partial charge in [-0.3, -0.25) is 9.59 Å². The predicted molar refractivity (Wildman–Crippen MR) is 99.0 cm³/mol. The number of benzene rings is 1. The Morgan fingerprint density at radius 2 is 1.88 bits per heavy atom. The summed E-state index contributed by atoms with van der Waals surface area (Å²) in [5.41, 5.74) is 7.32. The Hall–Kier alpha value is -1.63. The van der Waals surface area contributed by atoms with Crippen LogP contribution in [0.5, 0.6) is 0 Å². The summed E-state index contributed by atoms with van der Waals surface area (Å²) in [7, 11) is 0. The smallest absolute Gasteiger partial charge is 0.253 e. The minimum atomic E-state index is -0.549. The van der Waals surface area contributed by atoms with Gasteiger partial charge in [0.1, 0.15) is 0 Å². The Morgan fingerprint density at radius 1 is 1.20 bits per heavy atom. The second-order valence-electron chi connectivity index (χ2n) is 6.54. The molecule has 3 rings (SSSR count). The number of halogens is 1. The number of nitrogens with zero attached hydrogens (tertiary/aromatic N) is 1. The first-order valence-corrected chi connectivity index (χ1v) is 8.68. The molecule has 25 heavy (non-hydrogen) atoms. The molecule has 6 nitrogen and oxygen atoms in total. The van der Waals surface area contributed by atoms with Gasteiger partial charge in [0, 0.05) is 37.6 Å². The van der Waals surface area contributed by atoms with Crippen LogP contribution in [0.25, 0.3) is 0 Å². The van der Waals surface area contributed by atoms with Crippen molar-refractivity contribution in [3.05, 3.63) is 29.8 Å². The fourth-order valence-corrected chi connectivity index (χ4v) is 3.35. The predicted octanol–water partition coefficient (Wildman–Crippen LogP) is 2.04. The molecule has 1 unspecified atom stereocenters. The van der Waals surface area contributed by atoms with Gasteiger partial charge in [0.2, 0.25) is 5.91 Å². The zero-order valence-electron chi connectivity index (χ0n) is 14.3. The molecule has 1 aromatic carbocycles. The molecule has 2 saturated heterocycles. The average molecular weight is 368 g/mol. The van der Waals surface area contributed by atoms with Gasteiger partial charge in [-0.2, -0.15) is 0 Å². The van der Waals surface area contributed by atoms with Gasteiger partial charge in [-0.15, -0.1) is 12.4 Å². The lowest BCUT2D eigenvalue weighted by Gasteiger charge is -2.26. The van der Waals surface area contributed by atoms with E-state index in [1.807, 2.05) is 4.90 Å². The standard InChI is InChI=1S/C18H25N3O3.ClH/c19-16(13-6-10-24-11-7-13)17(22)20-15-5-3-4-14(12-15)18(23)21-8-1-2-9-21;/h3-5,12-13,16H,1-2,6-11,19H2,(H,20,22);1H. The van der Waals surface area contributed by atoms with Crippen molar-refractivity contribution in [1.82, 2.24) is 4.90 Å². The number of carbonyl (C=O) groups is 2. The first-order valence-electron chi connectivity index (χ1n) is 8.68. The molecule has 7 heteroatoms. The van der Waals surface area contributed by atoms with Crippen molar-refractivity contribution < 1.29 is 14.3 Å². The van der Waals surface area contributed by atoms with Crippen LogP contribution < -0.4 is 11.1 Å².